The molecule has 0 saturated heterocycles. The van der Waals surface area contributed by atoms with Crippen LogP contribution in [0.1, 0.15) is 38.5 Å². The molecule has 1 radical (unpaired) electrons. The van der Waals surface area contributed by atoms with E-state index in [-0.39, 0.29) is 6.10 Å². The lowest BCUT2D eigenvalue weighted by Crippen LogP contribution is -2.08. The molecular formula is C8H15O. The molecule has 0 aliphatic heterocycles. The van der Waals surface area contributed by atoms with Crippen LogP contribution in [0, 0.1) is 6.42 Å². The highest BCUT2D eigenvalue weighted by Gasteiger charge is 2.06. The Morgan fingerprint density at radius 2 is 2.11 bits per heavy atom. The summed E-state index contributed by atoms with van der Waals surface area (Å²) in [6.07, 6.45) is 9.15. The molecule has 0 aromatic heterocycles. The van der Waals surface area contributed by atoms with Crippen LogP contribution in [0.25, 0.3) is 0 Å². The Morgan fingerprint density at radius 1 is 1.22 bits per heavy atom. The lowest BCUT2D eigenvalue weighted by atomic mass is 9.99. The van der Waals surface area contributed by atoms with Crippen molar-refractivity contribution >= 4 is 0 Å². The summed E-state index contributed by atoms with van der Waals surface area (Å²) in [5.41, 5.74) is 0. The van der Waals surface area contributed by atoms with Gasteiger partial charge in [0.05, 0.1) is 6.10 Å². The summed E-state index contributed by atoms with van der Waals surface area (Å²) < 4.78 is 0. The van der Waals surface area contributed by atoms with E-state index in [1.807, 2.05) is 0 Å². The Labute approximate surface area is 57.1 Å². The van der Waals surface area contributed by atoms with Gasteiger partial charge in [0.2, 0.25) is 0 Å². The van der Waals surface area contributed by atoms with Crippen molar-refractivity contribution in [3.05, 3.63) is 6.42 Å². The molecule has 1 unspecified atom stereocenters. The van der Waals surface area contributed by atoms with Crippen LogP contribution in [-0.4, -0.2) is 11.2 Å². The first kappa shape index (κ1) is 7.07. The van der Waals surface area contributed by atoms with Gasteiger partial charge in [-0.3, -0.25) is 0 Å². The number of hydrogen-bond acceptors (Lipinski definition) is 1. The monoisotopic (exact) mass is 127 g/mol. The number of rotatable bonds is 0. The standard InChI is InChI=1S/C8H15O/c9-8-6-4-2-1-3-5-7-8/h4,8-9H,1-3,5-7H2. The van der Waals surface area contributed by atoms with Crippen molar-refractivity contribution in [2.45, 2.75) is 44.6 Å². The third kappa shape index (κ3) is 2.85. The van der Waals surface area contributed by atoms with Gasteiger partial charge in [0.1, 0.15) is 0 Å². The van der Waals surface area contributed by atoms with Gasteiger partial charge in [-0.15, -0.1) is 0 Å². The SMILES string of the molecule is OC1C[CH]CCCCC1. The Hall–Kier alpha value is -0.0400. The van der Waals surface area contributed by atoms with Crippen LogP contribution < -0.4 is 0 Å². The molecule has 1 aliphatic carbocycles. The first-order valence-corrected chi connectivity index (χ1v) is 3.89. The summed E-state index contributed by atoms with van der Waals surface area (Å²) in [5, 5.41) is 9.18. The van der Waals surface area contributed by atoms with Gasteiger partial charge in [-0.25, -0.2) is 0 Å². The molecule has 0 bridgehead atoms. The third-order valence-corrected chi connectivity index (χ3v) is 1.88. The molecule has 0 aromatic rings. The zero-order valence-corrected chi connectivity index (χ0v) is 5.84. The van der Waals surface area contributed by atoms with E-state index in [0.29, 0.717) is 0 Å². The zero-order chi connectivity index (χ0) is 6.53. The van der Waals surface area contributed by atoms with E-state index in [0.717, 1.165) is 12.8 Å². The van der Waals surface area contributed by atoms with Crippen molar-refractivity contribution in [1.29, 1.82) is 0 Å². The van der Waals surface area contributed by atoms with E-state index in [1.165, 1.54) is 25.7 Å². The largest absolute Gasteiger partial charge is 0.393 e. The summed E-state index contributed by atoms with van der Waals surface area (Å²) >= 11 is 0. The van der Waals surface area contributed by atoms with E-state index in [9.17, 15) is 5.11 Å². The van der Waals surface area contributed by atoms with Crippen LogP contribution in [0.4, 0.5) is 0 Å². The molecule has 1 fully saturated rings. The van der Waals surface area contributed by atoms with Crippen molar-refractivity contribution < 1.29 is 5.11 Å². The van der Waals surface area contributed by atoms with Gasteiger partial charge >= 0.3 is 0 Å². The molecule has 9 heavy (non-hydrogen) atoms. The maximum Gasteiger partial charge on any atom is 0.0543 e. The zero-order valence-electron chi connectivity index (χ0n) is 5.84. The average Bonchev–Trinajstić information content (AvgIpc) is 1.79. The van der Waals surface area contributed by atoms with E-state index < -0.39 is 0 Å². The predicted octanol–water partition coefficient (Wildman–Crippen LogP) is 1.91. The third-order valence-electron chi connectivity index (χ3n) is 1.88. The van der Waals surface area contributed by atoms with Crippen molar-refractivity contribution in [3.8, 4) is 0 Å². The Balaban J connectivity index is 2.12. The lowest BCUT2D eigenvalue weighted by Gasteiger charge is -2.12. The van der Waals surface area contributed by atoms with E-state index >= 15 is 0 Å². The van der Waals surface area contributed by atoms with Crippen molar-refractivity contribution in [1.82, 2.24) is 0 Å². The molecule has 0 heterocycles. The molecule has 1 N–H and O–H groups in total. The maximum absolute atomic E-state index is 9.18. The van der Waals surface area contributed by atoms with Crippen LogP contribution in [0.3, 0.4) is 0 Å². The number of aliphatic hydroxyl groups excluding tert-OH is 1. The normalized spacial score (nSPS) is 25.0. The van der Waals surface area contributed by atoms with Crippen molar-refractivity contribution in [2.24, 2.45) is 0 Å². The summed E-state index contributed by atoms with van der Waals surface area (Å²) in [6.45, 7) is 0. The second kappa shape index (κ2) is 3.89. The smallest absolute Gasteiger partial charge is 0.0543 e. The minimum Gasteiger partial charge on any atom is -0.393 e. The van der Waals surface area contributed by atoms with Gasteiger partial charge in [0.15, 0.2) is 0 Å². The molecule has 0 aromatic carbocycles. The summed E-state index contributed by atoms with van der Waals surface area (Å²) in [6, 6.07) is 0. The molecule has 1 rings (SSSR count). The summed E-state index contributed by atoms with van der Waals surface area (Å²) in [4.78, 5) is 0. The van der Waals surface area contributed by atoms with Crippen LogP contribution >= 0.6 is 0 Å². The quantitative estimate of drug-likeness (QED) is 0.527. The van der Waals surface area contributed by atoms with Gasteiger partial charge in [-0.1, -0.05) is 25.7 Å². The number of aliphatic hydroxyl groups is 1. The highest BCUT2D eigenvalue weighted by Crippen LogP contribution is 2.15. The van der Waals surface area contributed by atoms with Gasteiger partial charge in [-0.2, -0.15) is 0 Å². The number of hydrogen-bond donors (Lipinski definition) is 1. The summed E-state index contributed by atoms with van der Waals surface area (Å²) in [5.74, 6) is 0. The second-order valence-corrected chi connectivity index (χ2v) is 2.82. The van der Waals surface area contributed by atoms with Gasteiger partial charge < -0.3 is 5.11 Å². The van der Waals surface area contributed by atoms with Crippen molar-refractivity contribution in [2.75, 3.05) is 0 Å². The van der Waals surface area contributed by atoms with Crippen LogP contribution in [0.15, 0.2) is 0 Å². The minimum atomic E-state index is -0.0368. The molecule has 1 aliphatic rings. The Morgan fingerprint density at radius 3 is 3.00 bits per heavy atom. The molecular weight excluding hydrogens is 112 g/mol. The van der Waals surface area contributed by atoms with Gasteiger partial charge in [0, 0.05) is 0 Å². The highest BCUT2D eigenvalue weighted by molar-refractivity contribution is 4.72. The average molecular weight is 127 g/mol. The maximum atomic E-state index is 9.18. The topological polar surface area (TPSA) is 20.2 Å². The van der Waals surface area contributed by atoms with Crippen molar-refractivity contribution in [3.63, 3.8) is 0 Å². The van der Waals surface area contributed by atoms with Crippen LogP contribution in [0.5, 0.6) is 0 Å². The summed E-state index contributed by atoms with van der Waals surface area (Å²) in [7, 11) is 0. The van der Waals surface area contributed by atoms with E-state index in [4.69, 9.17) is 0 Å². The molecule has 1 nitrogen and oxygen atoms in total. The minimum absolute atomic E-state index is 0.0368. The fraction of sp³-hybridized carbons (Fsp3) is 0.875. The molecule has 1 saturated carbocycles. The molecule has 0 spiro atoms. The van der Waals surface area contributed by atoms with Gasteiger partial charge in [-0.05, 0) is 19.3 Å². The Kier molecular flexibility index (Phi) is 3.05. The van der Waals surface area contributed by atoms with Gasteiger partial charge in [0.25, 0.3) is 0 Å². The van der Waals surface area contributed by atoms with Crippen LogP contribution in [-0.2, 0) is 0 Å². The highest BCUT2D eigenvalue weighted by atomic mass is 16.3. The fourth-order valence-corrected chi connectivity index (χ4v) is 1.27. The lowest BCUT2D eigenvalue weighted by molar-refractivity contribution is 0.155. The van der Waals surface area contributed by atoms with E-state index in [1.54, 1.807) is 0 Å². The first-order valence-electron chi connectivity index (χ1n) is 3.89. The molecule has 1 atom stereocenters. The Bertz CT molecular complexity index is 63.0. The molecule has 53 valence electrons. The predicted molar refractivity (Wildman–Crippen MR) is 38.0 cm³/mol. The van der Waals surface area contributed by atoms with Crippen LogP contribution in [0.2, 0.25) is 0 Å². The molecule has 0 amide bonds. The van der Waals surface area contributed by atoms with E-state index in [2.05, 4.69) is 6.42 Å². The fourth-order valence-electron chi connectivity index (χ4n) is 1.27. The second-order valence-electron chi connectivity index (χ2n) is 2.82. The first-order chi connectivity index (χ1) is 4.39. The molecule has 1 heteroatoms.